The van der Waals surface area contributed by atoms with Crippen molar-refractivity contribution in [2.45, 2.75) is 52.4 Å². The Bertz CT molecular complexity index is 1780. The molecule has 0 unspecified atom stereocenters. The van der Waals surface area contributed by atoms with Crippen molar-refractivity contribution in [2.75, 3.05) is 7.11 Å². The SMILES string of the molecule is CC(=O)Oc1ccc(C(C)(C)c2ccc(OC(C)=O)cc2)cc1.COc1ccc(C(C)(C)c2ccc(OC(=O)c3ccccc3)cc2)cc1. The molecule has 0 aromatic heterocycles. The first kappa shape index (κ1) is 36.2. The predicted octanol–water partition coefficient (Wildman–Crippen LogP) is 9.10. The van der Waals surface area contributed by atoms with Crippen molar-refractivity contribution in [3.63, 3.8) is 0 Å². The number of methoxy groups -OCH3 is 1. The van der Waals surface area contributed by atoms with Gasteiger partial charge >= 0.3 is 17.9 Å². The van der Waals surface area contributed by atoms with E-state index in [1.165, 1.54) is 19.4 Å². The van der Waals surface area contributed by atoms with Crippen LogP contribution in [0.15, 0.2) is 127 Å². The van der Waals surface area contributed by atoms with Crippen LogP contribution in [0.2, 0.25) is 0 Å². The Kier molecular flexibility index (Phi) is 11.8. The molecule has 7 heteroatoms. The van der Waals surface area contributed by atoms with Gasteiger partial charge < -0.3 is 18.9 Å². The highest BCUT2D eigenvalue weighted by Gasteiger charge is 2.24. The third-order valence-corrected chi connectivity index (χ3v) is 8.28. The first-order valence-corrected chi connectivity index (χ1v) is 15.9. The summed E-state index contributed by atoms with van der Waals surface area (Å²) in [7, 11) is 1.66. The molecule has 5 aromatic rings. The highest BCUT2D eigenvalue weighted by atomic mass is 16.5. The quantitative estimate of drug-likeness (QED) is 0.115. The van der Waals surface area contributed by atoms with Gasteiger partial charge in [-0.05, 0) is 82.9 Å². The fraction of sp³-hybridized carbons (Fsp3) is 0.214. The van der Waals surface area contributed by atoms with E-state index in [0.29, 0.717) is 22.8 Å². The van der Waals surface area contributed by atoms with Gasteiger partial charge in [0.2, 0.25) is 0 Å². The molecule has 0 radical (unpaired) electrons. The highest BCUT2D eigenvalue weighted by Crippen LogP contribution is 2.34. The molecule has 0 heterocycles. The first-order chi connectivity index (χ1) is 23.3. The van der Waals surface area contributed by atoms with Crippen LogP contribution in [0.4, 0.5) is 0 Å². The van der Waals surface area contributed by atoms with E-state index in [9.17, 15) is 14.4 Å². The van der Waals surface area contributed by atoms with Crippen LogP contribution in [0.3, 0.4) is 0 Å². The lowest BCUT2D eigenvalue weighted by Gasteiger charge is -2.26. The summed E-state index contributed by atoms with van der Waals surface area (Å²) < 4.78 is 20.8. The summed E-state index contributed by atoms with van der Waals surface area (Å²) in [6, 6.07) is 39.6. The number of esters is 3. The number of benzene rings is 5. The fourth-order valence-electron chi connectivity index (χ4n) is 5.23. The summed E-state index contributed by atoms with van der Waals surface area (Å²) in [5.74, 6) is 1.41. The van der Waals surface area contributed by atoms with Gasteiger partial charge in [0, 0.05) is 24.7 Å². The molecule has 0 amide bonds. The molecule has 5 rings (SSSR count). The van der Waals surface area contributed by atoms with Crippen molar-refractivity contribution in [1.82, 2.24) is 0 Å². The van der Waals surface area contributed by atoms with Crippen molar-refractivity contribution in [3.05, 3.63) is 155 Å². The molecule has 0 aliphatic carbocycles. The molecular weight excluding hydrogens is 616 g/mol. The van der Waals surface area contributed by atoms with Crippen molar-refractivity contribution in [2.24, 2.45) is 0 Å². The molecule has 0 spiro atoms. The van der Waals surface area contributed by atoms with Crippen LogP contribution >= 0.6 is 0 Å². The summed E-state index contributed by atoms with van der Waals surface area (Å²) in [5.41, 5.74) is 4.64. The molecular formula is C42H42O7. The van der Waals surface area contributed by atoms with Gasteiger partial charge in [-0.15, -0.1) is 0 Å². The first-order valence-electron chi connectivity index (χ1n) is 15.9. The van der Waals surface area contributed by atoms with E-state index in [-0.39, 0.29) is 28.7 Å². The maximum absolute atomic E-state index is 12.1. The van der Waals surface area contributed by atoms with Crippen LogP contribution in [0.25, 0.3) is 0 Å². The standard InChI is InChI=1S/C23H22O3.C19H20O4/c1-23(2,18-9-13-20(25-3)14-10-18)19-11-15-21(16-12-19)26-22(24)17-7-5-4-6-8-17;1-13(20)22-17-9-5-15(6-10-17)19(3,4)16-7-11-18(12-8-16)23-14(2)21/h4-16H,1-3H3;5-12H,1-4H3. The smallest absolute Gasteiger partial charge is 0.343 e. The second-order valence-electron chi connectivity index (χ2n) is 12.5. The normalized spacial score (nSPS) is 11.0. The minimum Gasteiger partial charge on any atom is -0.497 e. The Labute approximate surface area is 288 Å². The van der Waals surface area contributed by atoms with E-state index in [1.807, 2.05) is 78.9 Å². The van der Waals surface area contributed by atoms with Crippen LogP contribution in [0.1, 0.15) is 74.2 Å². The van der Waals surface area contributed by atoms with E-state index < -0.39 is 0 Å². The zero-order valence-corrected chi connectivity index (χ0v) is 29.0. The molecule has 0 fully saturated rings. The zero-order valence-electron chi connectivity index (χ0n) is 29.0. The number of rotatable bonds is 9. The molecule has 0 aliphatic heterocycles. The fourth-order valence-corrected chi connectivity index (χ4v) is 5.23. The molecule has 49 heavy (non-hydrogen) atoms. The van der Waals surface area contributed by atoms with Crippen LogP contribution in [-0.4, -0.2) is 25.0 Å². The summed E-state index contributed by atoms with van der Waals surface area (Å²) in [6.07, 6.45) is 0. The van der Waals surface area contributed by atoms with Crippen LogP contribution in [0, 0.1) is 0 Å². The van der Waals surface area contributed by atoms with Crippen molar-refractivity contribution >= 4 is 17.9 Å². The average Bonchev–Trinajstić information content (AvgIpc) is 3.09. The molecule has 5 aromatic carbocycles. The van der Waals surface area contributed by atoms with E-state index >= 15 is 0 Å². The molecule has 0 aliphatic rings. The van der Waals surface area contributed by atoms with Gasteiger partial charge in [-0.2, -0.15) is 0 Å². The Morgan fingerprint density at radius 3 is 1.04 bits per heavy atom. The van der Waals surface area contributed by atoms with E-state index in [0.717, 1.165) is 22.4 Å². The Balaban J connectivity index is 0.000000223. The minimum atomic E-state index is -0.354. The lowest BCUT2D eigenvalue weighted by molar-refractivity contribution is -0.132. The Morgan fingerprint density at radius 1 is 0.429 bits per heavy atom. The largest absolute Gasteiger partial charge is 0.497 e. The molecule has 0 N–H and O–H groups in total. The summed E-state index contributed by atoms with van der Waals surface area (Å²) >= 11 is 0. The molecule has 0 bridgehead atoms. The number of carbonyl (C=O) groups is 3. The van der Waals surface area contributed by atoms with Gasteiger partial charge in [0.25, 0.3) is 0 Å². The number of carbonyl (C=O) groups excluding carboxylic acids is 3. The van der Waals surface area contributed by atoms with Gasteiger partial charge in [0.15, 0.2) is 0 Å². The van der Waals surface area contributed by atoms with Gasteiger partial charge in [-0.1, -0.05) is 94.4 Å². The Morgan fingerprint density at radius 2 is 0.735 bits per heavy atom. The number of hydrogen-bond donors (Lipinski definition) is 0. The van der Waals surface area contributed by atoms with Gasteiger partial charge in [-0.25, -0.2) is 4.79 Å². The van der Waals surface area contributed by atoms with Crippen LogP contribution < -0.4 is 18.9 Å². The number of ether oxygens (including phenoxy) is 4. The van der Waals surface area contributed by atoms with E-state index in [1.54, 1.807) is 43.5 Å². The van der Waals surface area contributed by atoms with E-state index in [4.69, 9.17) is 18.9 Å². The lowest BCUT2D eigenvalue weighted by Crippen LogP contribution is -2.18. The monoisotopic (exact) mass is 658 g/mol. The highest BCUT2D eigenvalue weighted by molar-refractivity contribution is 5.91. The third-order valence-electron chi connectivity index (χ3n) is 8.28. The van der Waals surface area contributed by atoms with Gasteiger partial charge in [0.05, 0.1) is 12.7 Å². The summed E-state index contributed by atoms with van der Waals surface area (Å²) in [4.78, 5) is 34.1. The van der Waals surface area contributed by atoms with Crippen LogP contribution in [-0.2, 0) is 20.4 Å². The lowest BCUT2D eigenvalue weighted by atomic mass is 9.78. The maximum Gasteiger partial charge on any atom is 0.343 e. The predicted molar refractivity (Wildman–Crippen MR) is 191 cm³/mol. The van der Waals surface area contributed by atoms with Crippen LogP contribution in [0.5, 0.6) is 23.0 Å². The molecule has 252 valence electrons. The summed E-state index contributed by atoms with van der Waals surface area (Å²) in [5, 5.41) is 0. The number of hydrogen-bond acceptors (Lipinski definition) is 7. The zero-order chi connectivity index (χ0) is 35.6. The molecule has 0 saturated carbocycles. The third kappa shape index (κ3) is 9.67. The van der Waals surface area contributed by atoms with Gasteiger partial charge in [0.1, 0.15) is 23.0 Å². The van der Waals surface area contributed by atoms with Crippen molar-refractivity contribution in [3.8, 4) is 23.0 Å². The van der Waals surface area contributed by atoms with Crippen molar-refractivity contribution < 1.29 is 33.3 Å². The topological polar surface area (TPSA) is 88.1 Å². The summed E-state index contributed by atoms with van der Waals surface area (Å²) in [6.45, 7) is 11.3. The van der Waals surface area contributed by atoms with Gasteiger partial charge in [-0.3, -0.25) is 9.59 Å². The van der Waals surface area contributed by atoms with E-state index in [2.05, 4.69) is 39.8 Å². The molecule has 0 saturated heterocycles. The maximum atomic E-state index is 12.1. The average molecular weight is 659 g/mol. The second-order valence-corrected chi connectivity index (χ2v) is 12.5. The Hall–Kier alpha value is -5.69. The van der Waals surface area contributed by atoms with Crippen molar-refractivity contribution in [1.29, 1.82) is 0 Å². The minimum absolute atomic E-state index is 0.172. The molecule has 0 atom stereocenters. The second kappa shape index (κ2) is 15.9. The molecule has 7 nitrogen and oxygen atoms in total.